The summed E-state index contributed by atoms with van der Waals surface area (Å²) in [7, 11) is 0. The topological polar surface area (TPSA) is 121 Å². The van der Waals surface area contributed by atoms with Gasteiger partial charge in [-0.05, 0) is 36.2 Å². The Bertz CT molecular complexity index is 2030. The summed E-state index contributed by atoms with van der Waals surface area (Å²) in [6, 6.07) is 15.3. The first-order valence-electron chi connectivity index (χ1n) is 14.0. The number of aliphatic hydroxyl groups is 1. The van der Waals surface area contributed by atoms with Crippen LogP contribution in [0.5, 0.6) is 0 Å². The van der Waals surface area contributed by atoms with Gasteiger partial charge in [-0.1, -0.05) is 47.5 Å². The van der Waals surface area contributed by atoms with Crippen molar-refractivity contribution in [1.82, 2.24) is 29.2 Å². The van der Waals surface area contributed by atoms with Crippen LogP contribution in [0.2, 0.25) is 10.0 Å². The molecule has 6 aromatic rings. The highest BCUT2D eigenvalue weighted by atomic mass is 35.5. The van der Waals surface area contributed by atoms with Gasteiger partial charge >= 0.3 is 0 Å². The SMILES string of the molecule is O=Cc1cnc2c(Nc3cccc(-c4cccc(Nc5nccc6cc(CN7CCC(O)C7)cnc56)c4Cl)c3Cl)nccn12. The molecule has 5 heterocycles. The van der Waals surface area contributed by atoms with E-state index in [2.05, 4.69) is 36.6 Å². The second-order valence-corrected chi connectivity index (χ2v) is 11.4. The van der Waals surface area contributed by atoms with E-state index in [0.717, 1.165) is 53.4 Å². The number of imidazole rings is 1. The van der Waals surface area contributed by atoms with E-state index in [4.69, 9.17) is 28.2 Å². The molecule has 0 amide bonds. The number of anilines is 4. The number of aromatic nitrogens is 5. The van der Waals surface area contributed by atoms with Crippen molar-refractivity contribution in [3.05, 3.63) is 101 Å². The number of nitrogens with one attached hydrogen (secondary N) is 2. The van der Waals surface area contributed by atoms with Crippen molar-refractivity contribution in [1.29, 1.82) is 0 Å². The van der Waals surface area contributed by atoms with Crippen LogP contribution < -0.4 is 10.6 Å². The van der Waals surface area contributed by atoms with E-state index >= 15 is 0 Å². The zero-order valence-corrected chi connectivity index (χ0v) is 24.8. The van der Waals surface area contributed by atoms with Crippen molar-refractivity contribution < 1.29 is 9.90 Å². The molecule has 10 nitrogen and oxygen atoms in total. The third-order valence-electron chi connectivity index (χ3n) is 7.68. The van der Waals surface area contributed by atoms with Crippen molar-refractivity contribution >= 4 is 69.0 Å². The summed E-state index contributed by atoms with van der Waals surface area (Å²) in [5.41, 5.74) is 5.42. The minimum atomic E-state index is -0.260. The Kier molecular flexibility index (Phi) is 7.57. The fraction of sp³-hybridized carbons (Fsp3) is 0.156. The molecule has 7 rings (SSSR count). The first-order valence-corrected chi connectivity index (χ1v) is 14.8. The van der Waals surface area contributed by atoms with Gasteiger partial charge in [0, 0.05) is 60.9 Å². The van der Waals surface area contributed by atoms with E-state index in [1.807, 2.05) is 48.7 Å². The zero-order chi connectivity index (χ0) is 30.2. The molecule has 2 aromatic carbocycles. The average molecular weight is 626 g/mol. The number of hydrogen-bond donors (Lipinski definition) is 3. The Hall–Kier alpha value is -4.61. The lowest BCUT2D eigenvalue weighted by Crippen LogP contribution is -2.21. The van der Waals surface area contributed by atoms with Crippen LogP contribution in [-0.4, -0.2) is 59.8 Å². The Labute approximate surface area is 262 Å². The molecule has 0 saturated carbocycles. The summed E-state index contributed by atoms with van der Waals surface area (Å²) in [4.78, 5) is 31.6. The number of likely N-dealkylation sites (tertiary alicyclic amines) is 1. The molecule has 44 heavy (non-hydrogen) atoms. The molecule has 0 radical (unpaired) electrons. The average Bonchev–Trinajstić information content (AvgIpc) is 3.65. The number of pyridine rings is 2. The number of carbonyl (C=O) groups is 1. The summed E-state index contributed by atoms with van der Waals surface area (Å²) >= 11 is 13.9. The molecule has 1 aliphatic heterocycles. The maximum Gasteiger partial charge on any atom is 0.181 e. The van der Waals surface area contributed by atoms with E-state index in [-0.39, 0.29) is 6.10 Å². The van der Waals surface area contributed by atoms with E-state index in [0.29, 0.717) is 50.9 Å². The Balaban J connectivity index is 1.17. The summed E-state index contributed by atoms with van der Waals surface area (Å²) < 4.78 is 1.65. The molecule has 0 spiro atoms. The van der Waals surface area contributed by atoms with Gasteiger partial charge in [-0.3, -0.25) is 19.1 Å². The van der Waals surface area contributed by atoms with E-state index in [1.165, 1.54) is 6.20 Å². The smallest absolute Gasteiger partial charge is 0.181 e. The molecule has 4 aromatic heterocycles. The number of nitrogens with zero attached hydrogens (tertiary/aromatic N) is 6. The normalized spacial score (nSPS) is 15.2. The lowest BCUT2D eigenvalue weighted by molar-refractivity contribution is 0.111. The monoisotopic (exact) mass is 624 g/mol. The van der Waals surface area contributed by atoms with Crippen LogP contribution in [0.3, 0.4) is 0 Å². The van der Waals surface area contributed by atoms with Crippen LogP contribution >= 0.6 is 23.2 Å². The van der Waals surface area contributed by atoms with Crippen molar-refractivity contribution in [3.8, 4) is 11.1 Å². The highest BCUT2D eigenvalue weighted by Crippen LogP contribution is 2.41. The minimum absolute atomic E-state index is 0.260. The lowest BCUT2D eigenvalue weighted by atomic mass is 10.0. The van der Waals surface area contributed by atoms with E-state index in [1.54, 1.807) is 23.0 Å². The highest BCUT2D eigenvalue weighted by molar-refractivity contribution is 6.39. The number of aliphatic hydroxyl groups excluding tert-OH is 1. The summed E-state index contributed by atoms with van der Waals surface area (Å²) in [5.74, 6) is 1.04. The number of carbonyl (C=O) groups excluding carboxylic acids is 1. The first-order chi connectivity index (χ1) is 21.5. The van der Waals surface area contributed by atoms with Crippen molar-refractivity contribution in [3.63, 3.8) is 0 Å². The Morgan fingerprint density at radius 2 is 1.64 bits per heavy atom. The minimum Gasteiger partial charge on any atom is -0.392 e. The Morgan fingerprint density at radius 1 is 0.909 bits per heavy atom. The van der Waals surface area contributed by atoms with Gasteiger partial charge in [-0.15, -0.1) is 0 Å². The number of fused-ring (bicyclic) bond motifs is 2. The van der Waals surface area contributed by atoms with Crippen LogP contribution in [0.25, 0.3) is 27.7 Å². The molecule has 0 aliphatic carbocycles. The molecule has 1 aliphatic rings. The van der Waals surface area contributed by atoms with Crippen LogP contribution in [0.15, 0.2) is 79.5 Å². The molecule has 0 bridgehead atoms. The van der Waals surface area contributed by atoms with E-state index < -0.39 is 0 Å². The number of rotatable bonds is 8. The maximum absolute atomic E-state index is 11.4. The standard InChI is InChI=1S/C32H26Cl2N8O2/c33-27-23(24-4-2-6-26(28(24)34)40-31-32-38-15-21(18-43)42(32)12-10-36-31)3-1-5-25(27)39-30-29-20(7-9-35-30)13-19(14-37-29)16-41-11-8-22(44)17-41/h1-7,9-10,12-15,18,22,44H,8,11,16-17H2,(H,35,39)(H,36,40). The van der Waals surface area contributed by atoms with Crippen LogP contribution in [-0.2, 0) is 6.54 Å². The van der Waals surface area contributed by atoms with Crippen molar-refractivity contribution in [2.24, 2.45) is 0 Å². The maximum atomic E-state index is 11.4. The molecule has 12 heteroatoms. The number of benzene rings is 2. The highest BCUT2D eigenvalue weighted by Gasteiger charge is 2.21. The second-order valence-electron chi connectivity index (χ2n) is 10.6. The Morgan fingerprint density at radius 3 is 2.34 bits per heavy atom. The van der Waals surface area contributed by atoms with Gasteiger partial charge in [0.15, 0.2) is 23.6 Å². The molecule has 1 saturated heterocycles. The molecule has 3 N–H and O–H groups in total. The zero-order valence-electron chi connectivity index (χ0n) is 23.3. The number of hydrogen-bond acceptors (Lipinski definition) is 9. The second kappa shape index (κ2) is 11.8. The van der Waals surface area contributed by atoms with Gasteiger partial charge in [-0.2, -0.15) is 0 Å². The summed E-state index contributed by atoms with van der Waals surface area (Å²) in [5, 5.41) is 18.4. The fourth-order valence-corrected chi connectivity index (χ4v) is 6.09. The summed E-state index contributed by atoms with van der Waals surface area (Å²) in [6.07, 6.45) is 9.63. The molecule has 1 unspecified atom stereocenters. The third kappa shape index (κ3) is 5.33. The first kappa shape index (κ1) is 28.2. The van der Waals surface area contributed by atoms with Gasteiger partial charge in [-0.25, -0.2) is 15.0 Å². The summed E-state index contributed by atoms with van der Waals surface area (Å²) in [6.45, 7) is 2.29. The van der Waals surface area contributed by atoms with Crippen molar-refractivity contribution in [2.45, 2.75) is 19.1 Å². The molecule has 1 atom stereocenters. The number of halogens is 2. The quantitative estimate of drug-likeness (QED) is 0.163. The number of aldehydes is 1. The van der Waals surface area contributed by atoms with Gasteiger partial charge in [0.2, 0.25) is 0 Å². The van der Waals surface area contributed by atoms with Gasteiger partial charge in [0.05, 0.1) is 33.7 Å². The van der Waals surface area contributed by atoms with Crippen LogP contribution in [0.1, 0.15) is 22.5 Å². The van der Waals surface area contributed by atoms with Crippen molar-refractivity contribution in [2.75, 3.05) is 23.7 Å². The number of β-amino-alcohol motifs (C(OH)–C–C–N with tert-alkyl or cyclic N) is 1. The molecular weight excluding hydrogens is 599 g/mol. The molecular formula is C32H26Cl2N8O2. The predicted octanol–water partition coefficient (Wildman–Crippen LogP) is 6.51. The van der Waals surface area contributed by atoms with E-state index in [9.17, 15) is 9.90 Å². The fourth-order valence-electron chi connectivity index (χ4n) is 5.54. The predicted molar refractivity (Wildman–Crippen MR) is 172 cm³/mol. The van der Waals surface area contributed by atoms with Crippen LogP contribution in [0.4, 0.5) is 23.0 Å². The van der Waals surface area contributed by atoms with Gasteiger partial charge in [0.25, 0.3) is 0 Å². The van der Waals surface area contributed by atoms with Gasteiger partial charge < -0.3 is 15.7 Å². The molecule has 220 valence electrons. The largest absolute Gasteiger partial charge is 0.392 e. The third-order valence-corrected chi connectivity index (χ3v) is 8.50. The lowest BCUT2D eigenvalue weighted by Gasteiger charge is -2.16. The molecule has 1 fully saturated rings. The van der Waals surface area contributed by atoms with Gasteiger partial charge in [0.1, 0.15) is 11.2 Å². The van der Waals surface area contributed by atoms with Crippen LogP contribution in [0, 0.1) is 0 Å².